The van der Waals surface area contributed by atoms with Crippen LogP contribution in [0.4, 0.5) is 11.8 Å². The summed E-state index contributed by atoms with van der Waals surface area (Å²) in [5.41, 5.74) is 6.64. The van der Waals surface area contributed by atoms with Gasteiger partial charge in [0.25, 0.3) is 0 Å². The van der Waals surface area contributed by atoms with Crippen molar-refractivity contribution in [2.45, 2.75) is 51.2 Å². The zero-order chi connectivity index (χ0) is 12.3. The van der Waals surface area contributed by atoms with Crippen molar-refractivity contribution in [3.8, 4) is 0 Å². The molecule has 0 saturated heterocycles. The van der Waals surface area contributed by atoms with Crippen LogP contribution < -0.4 is 11.1 Å². The fraction of sp³-hybridized carbons (Fsp3) is 0.667. The molecule has 5 heteroatoms. The molecular formula is C12H20N4O. The minimum absolute atomic E-state index is 0.0864. The van der Waals surface area contributed by atoms with Crippen molar-refractivity contribution >= 4 is 11.8 Å². The SMILES string of the molecule is CCc1cnc(N)nc1N[C@@H]1CCCC[C@H]1O. The molecule has 1 heterocycles. The van der Waals surface area contributed by atoms with Crippen LogP contribution in [0, 0.1) is 0 Å². The zero-order valence-corrected chi connectivity index (χ0v) is 10.2. The molecule has 0 spiro atoms. The number of hydrogen-bond acceptors (Lipinski definition) is 5. The van der Waals surface area contributed by atoms with Crippen molar-refractivity contribution in [2.24, 2.45) is 0 Å². The van der Waals surface area contributed by atoms with Gasteiger partial charge in [-0.25, -0.2) is 4.98 Å². The van der Waals surface area contributed by atoms with Crippen LogP contribution in [0.2, 0.25) is 0 Å². The van der Waals surface area contributed by atoms with Crippen molar-refractivity contribution in [2.75, 3.05) is 11.1 Å². The Balaban J connectivity index is 2.13. The summed E-state index contributed by atoms with van der Waals surface area (Å²) in [5.74, 6) is 1.04. The van der Waals surface area contributed by atoms with Crippen LogP contribution in [0.15, 0.2) is 6.20 Å². The lowest BCUT2D eigenvalue weighted by atomic mass is 9.92. The van der Waals surface area contributed by atoms with Gasteiger partial charge in [-0.3, -0.25) is 0 Å². The first kappa shape index (κ1) is 12.1. The summed E-state index contributed by atoms with van der Waals surface area (Å²) in [6.07, 6.45) is 6.41. The molecule has 2 rings (SSSR count). The van der Waals surface area contributed by atoms with Gasteiger partial charge >= 0.3 is 0 Å². The smallest absolute Gasteiger partial charge is 0.221 e. The topological polar surface area (TPSA) is 84.1 Å². The first-order valence-corrected chi connectivity index (χ1v) is 6.26. The highest BCUT2D eigenvalue weighted by Gasteiger charge is 2.23. The van der Waals surface area contributed by atoms with Crippen molar-refractivity contribution in [3.05, 3.63) is 11.8 Å². The molecule has 0 amide bonds. The summed E-state index contributed by atoms with van der Waals surface area (Å²) in [5, 5.41) is 13.2. The van der Waals surface area contributed by atoms with Gasteiger partial charge in [0.05, 0.1) is 12.1 Å². The van der Waals surface area contributed by atoms with Gasteiger partial charge < -0.3 is 16.2 Å². The number of aryl methyl sites for hydroxylation is 1. The molecule has 94 valence electrons. The van der Waals surface area contributed by atoms with E-state index in [4.69, 9.17) is 5.73 Å². The lowest BCUT2D eigenvalue weighted by Gasteiger charge is -2.29. The van der Waals surface area contributed by atoms with Crippen LogP contribution in [0.1, 0.15) is 38.2 Å². The highest BCUT2D eigenvalue weighted by atomic mass is 16.3. The number of aliphatic hydroxyl groups excluding tert-OH is 1. The van der Waals surface area contributed by atoms with E-state index in [1.807, 2.05) is 0 Å². The largest absolute Gasteiger partial charge is 0.391 e. The molecule has 0 aromatic carbocycles. The van der Waals surface area contributed by atoms with E-state index in [1.165, 1.54) is 0 Å². The van der Waals surface area contributed by atoms with E-state index in [1.54, 1.807) is 6.20 Å². The molecule has 17 heavy (non-hydrogen) atoms. The highest BCUT2D eigenvalue weighted by Crippen LogP contribution is 2.23. The van der Waals surface area contributed by atoms with Crippen LogP contribution in [0.3, 0.4) is 0 Å². The number of rotatable bonds is 3. The molecule has 1 fully saturated rings. The molecule has 0 aliphatic heterocycles. The lowest BCUT2D eigenvalue weighted by Crippen LogP contribution is -2.37. The standard InChI is InChI=1S/C12H20N4O/c1-2-8-7-14-12(13)16-11(8)15-9-5-3-4-6-10(9)17/h7,9-10,17H,2-6H2,1H3,(H3,13,14,15,16)/t9-,10-/m1/s1. The van der Waals surface area contributed by atoms with E-state index in [0.29, 0.717) is 0 Å². The van der Waals surface area contributed by atoms with Gasteiger partial charge in [-0.15, -0.1) is 0 Å². The number of aliphatic hydroxyl groups is 1. The Bertz CT molecular complexity index is 383. The van der Waals surface area contributed by atoms with Crippen LogP contribution in [0.5, 0.6) is 0 Å². The van der Waals surface area contributed by atoms with Gasteiger partial charge in [0, 0.05) is 11.8 Å². The average Bonchev–Trinajstić information content (AvgIpc) is 2.32. The van der Waals surface area contributed by atoms with Gasteiger partial charge in [-0.2, -0.15) is 4.98 Å². The highest BCUT2D eigenvalue weighted by molar-refractivity contribution is 5.47. The Kier molecular flexibility index (Phi) is 3.78. The second-order valence-corrected chi connectivity index (χ2v) is 4.56. The minimum Gasteiger partial charge on any atom is -0.391 e. The molecule has 1 aliphatic rings. The third-order valence-electron chi connectivity index (χ3n) is 3.32. The average molecular weight is 236 g/mol. The van der Waals surface area contributed by atoms with Crippen LogP contribution in [-0.4, -0.2) is 27.2 Å². The van der Waals surface area contributed by atoms with E-state index in [0.717, 1.165) is 43.5 Å². The predicted molar refractivity (Wildman–Crippen MR) is 67.7 cm³/mol. The predicted octanol–water partition coefficient (Wildman–Crippen LogP) is 1.34. The summed E-state index contributed by atoms with van der Waals surface area (Å²) in [4.78, 5) is 8.20. The Hall–Kier alpha value is -1.36. The third-order valence-corrected chi connectivity index (χ3v) is 3.32. The number of hydrogen-bond donors (Lipinski definition) is 3. The van der Waals surface area contributed by atoms with Gasteiger partial charge in [0.2, 0.25) is 5.95 Å². The first-order valence-electron chi connectivity index (χ1n) is 6.26. The second-order valence-electron chi connectivity index (χ2n) is 4.56. The number of nitrogen functional groups attached to an aromatic ring is 1. The van der Waals surface area contributed by atoms with Gasteiger partial charge in [-0.05, 0) is 19.3 Å². The molecule has 1 aliphatic carbocycles. The second kappa shape index (κ2) is 5.31. The molecule has 1 aromatic heterocycles. The molecule has 4 N–H and O–H groups in total. The Morgan fingerprint density at radius 1 is 1.47 bits per heavy atom. The number of anilines is 2. The maximum Gasteiger partial charge on any atom is 0.221 e. The number of nitrogens with one attached hydrogen (secondary N) is 1. The van der Waals surface area contributed by atoms with Crippen molar-refractivity contribution in [1.29, 1.82) is 0 Å². The van der Waals surface area contributed by atoms with E-state index >= 15 is 0 Å². The quantitative estimate of drug-likeness (QED) is 0.737. The van der Waals surface area contributed by atoms with E-state index in [2.05, 4.69) is 22.2 Å². The fourth-order valence-electron chi connectivity index (χ4n) is 2.26. The van der Waals surface area contributed by atoms with E-state index in [9.17, 15) is 5.11 Å². The Morgan fingerprint density at radius 2 is 2.24 bits per heavy atom. The normalized spacial score (nSPS) is 24.6. The minimum atomic E-state index is -0.287. The fourth-order valence-corrected chi connectivity index (χ4v) is 2.26. The van der Waals surface area contributed by atoms with Gasteiger partial charge in [-0.1, -0.05) is 19.8 Å². The maximum atomic E-state index is 9.93. The number of nitrogens with zero attached hydrogens (tertiary/aromatic N) is 2. The van der Waals surface area contributed by atoms with Gasteiger partial charge in [0.1, 0.15) is 5.82 Å². The molecule has 2 atom stereocenters. The van der Waals surface area contributed by atoms with Crippen LogP contribution in [-0.2, 0) is 6.42 Å². The molecule has 0 unspecified atom stereocenters. The molecule has 1 saturated carbocycles. The number of nitrogens with two attached hydrogens (primary N) is 1. The first-order chi connectivity index (χ1) is 8.20. The summed E-state index contributed by atoms with van der Waals surface area (Å²) in [6, 6.07) is 0.0864. The summed E-state index contributed by atoms with van der Waals surface area (Å²) < 4.78 is 0. The van der Waals surface area contributed by atoms with Crippen LogP contribution in [0.25, 0.3) is 0 Å². The molecular weight excluding hydrogens is 216 g/mol. The van der Waals surface area contributed by atoms with E-state index in [-0.39, 0.29) is 18.1 Å². The molecule has 5 nitrogen and oxygen atoms in total. The van der Waals surface area contributed by atoms with E-state index < -0.39 is 0 Å². The molecule has 0 radical (unpaired) electrons. The molecule has 0 bridgehead atoms. The molecule has 1 aromatic rings. The summed E-state index contributed by atoms with van der Waals surface area (Å²) in [7, 11) is 0. The lowest BCUT2D eigenvalue weighted by molar-refractivity contribution is 0.116. The third kappa shape index (κ3) is 2.85. The Morgan fingerprint density at radius 3 is 2.94 bits per heavy atom. The van der Waals surface area contributed by atoms with Crippen molar-refractivity contribution < 1.29 is 5.11 Å². The van der Waals surface area contributed by atoms with Crippen molar-refractivity contribution in [3.63, 3.8) is 0 Å². The number of aromatic nitrogens is 2. The monoisotopic (exact) mass is 236 g/mol. The van der Waals surface area contributed by atoms with Gasteiger partial charge in [0.15, 0.2) is 0 Å². The van der Waals surface area contributed by atoms with Crippen molar-refractivity contribution in [1.82, 2.24) is 9.97 Å². The maximum absolute atomic E-state index is 9.93. The zero-order valence-electron chi connectivity index (χ0n) is 10.2. The van der Waals surface area contributed by atoms with Crippen LogP contribution >= 0.6 is 0 Å². The summed E-state index contributed by atoms with van der Waals surface area (Å²) >= 11 is 0. The summed E-state index contributed by atoms with van der Waals surface area (Å²) in [6.45, 7) is 2.05. The Labute approximate surface area is 101 Å².